The van der Waals surface area contributed by atoms with Crippen LogP contribution in [0.25, 0.3) is 55.8 Å². The number of aromatic nitrogens is 3. The fraction of sp³-hybridized carbons (Fsp3) is 0.0571. The van der Waals surface area contributed by atoms with Crippen molar-refractivity contribution in [1.82, 2.24) is 14.1 Å². The van der Waals surface area contributed by atoms with Crippen LogP contribution in [0.1, 0.15) is 11.1 Å². The van der Waals surface area contributed by atoms with Gasteiger partial charge in [0.05, 0.1) is 28.1 Å². The van der Waals surface area contributed by atoms with Gasteiger partial charge < -0.3 is 9.13 Å². The predicted octanol–water partition coefficient (Wildman–Crippen LogP) is 8.40. The zero-order chi connectivity index (χ0) is 25.1. The van der Waals surface area contributed by atoms with E-state index < -0.39 is 0 Å². The molecule has 0 atom stereocenters. The first kappa shape index (κ1) is 21.2. The zero-order valence-corrected chi connectivity index (χ0v) is 20.9. The van der Waals surface area contributed by atoms with E-state index in [4.69, 9.17) is 4.98 Å². The van der Waals surface area contributed by atoms with Crippen LogP contribution in [0.4, 0.5) is 0 Å². The lowest BCUT2D eigenvalue weighted by atomic mass is 9.92. The smallest absolute Gasteiger partial charge is 0.0744 e. The summed E-state index contributed by atoms with van der Waals surface area (Å²) in [6.07, 6.45) is 3.99. The first-order chi connectivity index (χ1) is 18.9. The summed E-state index contributed by atoms with van der Waals surface area (Å²) in [6.45, 7) is 0. The summed E-state index contributed by atoms with van der Waals surface area (Å²) in [5.41, 5.74) is 12.4. The third-order valence-electron chi connectivity index (χ3n) is 7.89. The summed E-state index contributed by atoms with van der Waals surface area (Å²) in [5.74, 6) is 0. The van der Waals surface area contributed by atoms with Crippen molar-refractivity contribution in [3.8, 4) is 34.0 Å². The Balaban J connectivity index is 1.49. The minimum atomic E-state index is 0.981. The van der Waals surface area contributed by atoms with Crippen molar-refractivity contribution in [2.24, 2.45) is 0 Å². The van der Waals surface area contributed by atoms with Gasteiger partial charge in [-0.3, -0.25) is 4.98 Å². The zero-order valence-electron chi connectivity index (χ0n) is 20.9. The van der Waals surface area contributed by atoms with E-state index in [1.807, 2.05) is 12.3 Å². The molecule has 0 spiro atoms. The van der Waals surface area contributed by atoms with Crippen molar-refractivity contribution in [1.29, 1.82) is 0 Å². The topological polar surface area (TPSA) is 22.8 Å². The molecule has 180 valence electrons. The Hall–Kier alpha value is -4.89. The van der Waals surface area contributed by atoms with Gasteiger partial charge in [-0.15, -0.1) is 0 Å². The highest BCUT2D eigenvalue weighted by atomic mass is 15.1. The average Bonchev–Trinajstić information content (AvgIpc) is 3.51. The molecule has 0 saturated carbocycles. The third kappa shape index (κ3) is 3.05. The lowest BCUT2D eigenvalue weighted by Gasteiger charge is -2.21. The Morgan fingerprint density at radius 2 is 1.03 bits per heavy atom. The number of pyridine rings is 1. The van der Waals surface area contributed by atoms with E-state index >= 15 is 0 Å². The van der Waals surface area contributed by atoms with Gasteiger partial charge >= 0.3 is 0 Å². The molecule has 3 heteroatoms. The van der Waals surface area contributed by atoms with Crippen molar-refractivity contribution in [2.75, 3.05) is 0 Å². The quantitative estimate of drug-likeness (QED) is 0.245. The molecule has 0 bridgehead atoms. The van der Waals surface area contributed by atoms with Crippen molar-refractivity contribution in [3.63, 3.8) is 0 Å². The van der Waals surface area contributed by atoms with Crippen molar-refractivity contribution < 1.29 is 0 Å². The standard InChI is InChI=1S/C35H25N3/c1-3-11-24(12-4-1)31-23-26(21-22-36-31)38-33-18-10-8-16-28(33)30-20-19-29-27-15-7-9-17-32(27)37(34(29)35(30)38)25-13-5-2-6-14-25/h1-18,21-23H,19-20H2. The second-order valence-corrected chi connectivity index (χ2v) is 9.96. The molecular formula is C35H25N3. The number of hydrogen-bond donors (Lipinski definition) is 0. The van der Waals surface area contributed by atoms with E-state index in [0.717, 1.165) is 29.8 Å². The van der Waals surface area contributed by atoms with Gasteiger partial charge in [0, 0.05) is 33.9 Å². The van der Waals surface area contributed by atoms with Gasteiger partial charge in [-0.1, -0.05) is 84.9 Å². The van der Waals surface area contributed by atoms with E-state index in [1.165, 1.54) is 50.0 Å². The van der Waals surface area contributed by atoms with Gasteiger partial charge in [0.2, 0.25) is 0 Å². The van der Waals surface area contributed by atoms with Crippen LogP contribution in [-0.4, -0.2) is 14.1 Å². The summed E-state index contributed by atoms with van der Waals surface area (Å²) in [4.78, 5) is 4.74. The molecule has 1 aliphatic carbocycles. The molecule has 3 nitrogen and oxygen atoms in total. The van der Waals surface area contributed by atoms with Crippen molar-refractivity contribution in [3.05, 3.63) is 139 Å². The van der Waals surface area contributed by atoms with Crippen molar-refractivity contribution >= 4 is 21.8 Å². The molecule has 0 fully saturated rings. The molecule has 7 aromatic rings. The minimum Gasteiger partial charge on any atom is -0.307 e. The number of nitrogens with zero attached hydrogens (tertiary/aromatic N) is 3. The van der Waals surface area contributed by atoms with Crippen LogP contribution >= 0.6 is 0 Å². The summed E-state index contributed by atoms with van der Waals surface area (Å²) >= 11 is 0. The molecule has 4 aromatic carbocycles. The summed E-state index contributed by atoms with van der Waals surface area (Å²) in [6, 6.07) is 43.3. The van der Waals surface area contributed by atoms with E-state index in [2.05, 4.69) is 124 Å². The Labute approximate surface area is 221 Å². The maximum Gasteiger partial charge on any atom is 0.0744 e. The molecule has 1 aliphatic rings. The normalized spacial score (nSPS) is 12.5. The molecule has 0 N–H and O–H groups in total. The largest absolute Gasteiger partial charge is 0.307 e. The Morgan fingerprint density at radius 1 is 0.500 bits per heavy atom. The first-order valence-electron chi connectivity index (χ1n) is 13.2. The number of fused-ring (bicyclic) bond motifs is 7. The molecular weight excluding hydrogens is 462 g/mol. The van der Waals surface area contributed by atoms with Crippen LogP contribution in [0, 0.1) is 0 Å². The highest BCUT2D eigenvalue weighted by Gasteiger charge is 2.31. The first-order valence-corrected chi connectivity index (χ1v) is 13.2. The van der Waals surface area contributed by atoms with Crippen LogP contribution in [0.2, 0.25) is 0 Å². The van der Waals surface area contributed by atoms with Gasteiger partial charge in [-0.05, 0) is 60.4 Å². The molecule has 0 aliphatic heterocycles. The highest BCUT2D eigenvalue weighted by molar-refractivity contribution is 6.00. The summed E-state index contributed by atoms with van der Waals surface area (Å²) in [5, 5.41) is 2.67. The SMILES string of the molecule is c1ccc(-c2cc(-n3c4c(c5ccccc53)CCc3c-4n(-c4ccccc4)c4ccccc34)ccn2)cc1. The monoisotopic (exact) mass is 487 g/mol. The molecule has 0 saturated heterocycles. The van der Waals surface area contributed by atoms with Crippen LogP contribution < -0.4 is 0 Å². The molecule has 38 heavy (non-hydrogen) atoms. The Bertz CT molecular complexity index is 1960. The maximum absolute atomic E-state index is 4.74. The second kappa shape index (κ2) is 8.32. The molecule has 3 heterocycles. The Kier molecular flexibility index (Phi) is 4.65. The lowest BCUT2D eigenvalue weighted by molar-refractivity contribution is 0.921. The Morgan fingerprint density at radius 3 is 1.66 bits per heavy atom. The number of rotatable bonds is 3. The fourth-order valence-corrected chi connectivity index (χ4v) is 6.31. The average molecular weight is 488 g/mol. The highest BCUT2D eigenvalue weighted by Crippen LogP contribution is 2.46. The van der Waals surface area contributed by atoms with Crippen molar-refractivity contribution in [2.45, 2.75) is 12.8 Å². The third-order valence-corrected chi connectivity index (χ3v) is 7.89. The van der Waals surface area contributed by atoms with Gasteiger partial charge in [0.1, 0.15) is 0 Å². The number of aryl methyl sites for hydroxylation is 2. The number of para-hydroxylation sites is 3. The number of hydrogen-bond acceptors (Lipinski definition) is 1. The molecule has 3 aromatic heterocycles. The summed E-state index contributed by atoms with van der Waals surface area (Å²) < 4.78 is 4.94. The van der Waals surface area contributed by atoms with Crippen LogP contribution in [0.5, 0.6) is 0 Å². The fourth-order valence-electron chi connectivity index (χ4n) is 6.31. The molecule has 8 rings (SSSR count). The van der Waals surface area contributed by atoms with E-state index in [-0.39, 0.29) is 0 Å². The summed E-state index contributed by atoms with van der Waals surface area (Å²) in [7, 11) is 0. The van der Waals surface area contributed by atoms with Crippen LogP contribution in [-0.2, 0) is 12.8 Å². The minimum absolute atomic E-state index is 0.981. The molecule has 0 radical (unpaired) electrons. The maximum atomic E-state index is 4.74. The van der Waals surface area contributed by atoms with E-state index in [0.29, 0.717) is 0 Å². The van der Waals surface area contributed by atoms with E-state index in [1.54, 1.807) is 0 Å². The lowest BCUT2D eigenvalue weighted by Crippen LogP contribution is -2.09. The van der Waals surface area contributed by atoms with Gasteiger partial charge in [-0.25, -0.2) is 0 Å². The number of benzene rings is 4. The van der Waals surface area contributed by atoms with Crippen LogP contribution in [0.15, 0.2) is 128 Å². The van der Waals surface area contributed by atoms with Gasteiger partial charge in [0.15, 0.2) is 0 Å². The van der Waals surface area contributed by atoms with Crippen LogP contribution in [0.3, 0.4) is 0 Å². The predicted molar refractivity (Wildman–Crippen MR) is 156 cm³/mol. The molecule has 0 unspecified atom stereocenters. The van der Waals surface area contributed by atoms with E-state index in [9.17, 15) is 0 Å². The second-order valence-electron chi connectivity index (χ2n) is 9.96. The van der Waals surface area contributed by atoms with Gasteiger partial charge in [-0.2, -0.15) is 0 Å². The van der Waals surface area contributed by atoms with Gasteiger partial charge in [0.25, 0.3) is 0 Å². The molecule has 0 amide bonds.